The molecule has 0 aliphatic rings. The Labute approximate surface area is 228 Å². The van der Waals surface area contributed by atoms with Gasteiger partial charge in [-0.1, -0.05) is 167 Å². The summed E-state index contributed by atoms with van der Waals surface area (Å²) in [5.41, 5.74) is 5.70. The average molecular weight is 506 g/mol. The number of hydrogen-bond acceptors (Lipinski definition) is 1. The average Bonchev–Trinajstić information content (AvgIpc) is 2.87. The molecule has 0 saturated carbocycles. The van der Waals surface area contributed by atoms with E-state index >= 15 is 0 Å². The molecule has 0 heterocycles. The van der Waals surface area contributed by atoms with Crippen molar-refractivity contribution in [2.24, 2.45) is 11.7 Å². The highest BCUT2D eigenvalue weighted by Gasteiger charge is 2.14. The van der Waals surface area contributed by atoms with E-state index in [-0.39, 0.29) is 11.8 Å². The van der Waals surface area contributed by atoms with Gasteiger partial charge in [0.1, 0.15) is 0 Å². The number of rotatable bonds is 30. The summed E-state index contributed by atoms with van der Waals surface area (Å²) in [7, 11) is 0. The predicted molar refractivity (Wildman–Crippen MR) is 162 cm³/mol. The van der Waals surface area contributed by atoms with E-state index in [2.05, 4.69) is 26.0 Å². The van der Waals surface area contributed by atoms with Crippen LogP contribution in [0.3, 0.4) is 0 Å². The fourth-order valence-corrected chi connectivity index (χ4v) is 5.30. The highest BCUT2D eigenvalue weighted by atomic mass is 16.1. The zero-order valence-corrected chi connectivity index (χ0v) is 25.0. The molecule has 0 radical (unpaired) electrons. The lowest BCUT2D eigenvalue weighted by molar-refractivity contribution is -0.122. The molecule has 0 aromatic rings. The van der Waals surface area contributed by atoms with Crippen LogP contribution in [-0.4, -0.2) is 5.91 Å². The van der Waals surface area contributed by atoms with Gasteiger partial charge in [-0.2, -0.15) is 0 Å². The number of allylic oxidation sites excluding steroid dienone is 2. The maximum atomic E-state index is 11.8. The van der Waals surface area contributed by atoms with Crippen molar-refractivity contribution in [2.45, 2.75) is 194 Å². The Morgan fingerprint density at radius 3 is 1.06 bits per heavy atom. The molecule has 36 heavy (non-hydrogen) atoms. The Hall–Kier alpha value is -0.790. The molecule has 2 heteroatoms. The maximum Gasteiger partial charge on any atom is 0.220 e. The summed E-state index contributed by atoms with van der Waals surface area (Å²) in [5.74, 6) is 0.0516. The van der Waals surface area contributed by atoms with Gasteiger partial charge in [-0.05, 0) is 38.5 Å². The van der Waals surface area contributed by atoms with Crippen LogP contribution in [0.2, 0.25) is 0 Å². The second-order valence-electron chi connectivity index (χ2n) is 11.5. The van der Waals surface area contributed by atoms with Crippen molar-refractivity contribution in [3.63, 3.8) is 0 Å². The van der Waals surface area contributed by atoms with Gasteiger partial charge in [0.2, 0.25) is 5.91 Å². The Balaban J connectivity index is 3.44. The molecular weight excluding hydrogens is 438 g/mol. The van der Waals surface area contributed by atoms with Gasteiger partial charge in [-0.3, -0.25) is 4.79 Å². The Morgan fingerprint density at radius 2 is 0.750 bits per heavy atom. The molecule has 1 amide bonds. The number of carbonyl (C=O) groups is 1. The van der Waals surface area contributed by atoms with E-state index in [0.29, 0.717) is 0 Å². The van der Waals surface area contributed by atoms with Crippen LogP contribution in [0.25, 0.3) is 0 Å². The number of primary amides is 1. The number of nitrogens with two attached hydrogens (primary N) is 1. The van der Waals surface area contributed by atoms with Crippen LogP contribution in [0.5, 0.6) is 0 Å². The third-order valence-corrected chi connectivity index (χ3v) is 7.87. The molecule has 1 unspecified atom stereocenters. The van der Waals surface area contributed by atoms with Crippen LogP contribution in [0, 0.1) is 5.92 Å². The Kier molecular flexibility index (Phi) is 29.8. The fourth-order valence-electron chi connectivity index (χ4n) is 5.30. The van der Waals surface area contributed by atoms with Crippen LogP contribution in [0.15, 0.2) is 12.2 Å². The summed E-state index contributed by atoms with van der Waals surface area (Å²) < 4.78 is 0. The van der Waals surface area contributed by atoms with Crippen molar-refractivity contribution in [2.75, 3.05) is 0 Å². The summed E-state index contributed by atoms with van der Waals surface area (Å²) in [6, 6.07) is 0. The molecule has 0 fully saturated rings. The number of unbranched alkanes of at least 4 members (excludes halogenated alkanes) is 23. The SMILES string of the molecule is CCCCCCCCC=CCCCCCCCCC(CCCCCCCCCCCCCC)C(N)=O. The first-order valence-electron chi connectivity index (χ1n) is 16.7. The summed E-state index contributed by atoms with van der Waals surface area (Å²) in [6.07, 6.45) is 41.8. The van der Waals surface area contributed by atoms with Crippen LogP contribution in [-0.2, 0) is 4.79 Å². The first kappa shape index (κ1) is 35.2. The maximum absolute atomic E-state index is 11.8. The van der Waals surface area contributed by atoms with Gasteiger partial charge in [-0.15, -0.1) is 0 Å². The minimum atomic E-state index is -0.0641. The highest BCUT2D eigenvalue weighted by molar-refractivity contribution is 5.76. The van der Waals surface area contributed by atoms with Gasteiger partial charge in [0.15, 0.2) is 0 Å². The molecule has 0 rings (SSSR count). The zero-order chi connectivity index (χ0) is 26.4. The van der Waals surface area contributed by atoms with Gasteiger partial charge < -0.3 is 5.73 Å². The number of carbonyl (C=O) groups excluding carboxylic acids is 1. The minimum Gasteiger partial charge on any atom is -0.369 e. The van der Waals surface area contributed by atoms with Crippen LogP contribution in [0.1, 0.15) is 194 Å². The Morgan fingerprint density at radius 1 is 0.472 bits per heavy atom. The smallest absolute Gasteiger partial charge is 0.220 e. The molecule has 1 atom stereocenters. The molecule has 2 nitrogen and oxygen atoms in total. The highest BCUT2D eigenvalue weighted by Crippen LogP contribution is 2.19. The standard InChI is InChI=1S/C34H67NO/c1-3-5-7-9-11-13-15-17-18-19-20-22-24-26-28-30-32-33(34(35)36)31-29-27-25-23-21-16-14-12-10-8-6-4-2/h17-18,33H,3-16,19-32H2,1-2H3,(H2,35,36). The lowest BCUT2D eigenvalue weighted by atomic mass is 9.93. The Bertz CT molecular complexity index is 458. The van der Waals surface area contributed by atoms with E-state index < -0.39 is 0 Å². The van der Waals surface area contributed by atoms with Gasteiger partial charge in [0, 0.05) is 5.92 Å². The summed E-state index contributed by atoms with van der Waals surface area (Å²) >= 11 is 0. The van der Waals surface area contributed by atoms with Crippen molar-refractivity contribution >= 4 is 5.91 Å². The first-order valence-corrected chi connectivity index (χ1v) is 16.7. The molecule has 2 N–H and O–H groups in total. The monoisotopic (exact) mass is 506 g/mol. The summed E-state index contributed by atoms with van der Waals surface area (Å²) in [6.45, 7) is 4.56. The van der Waals surface area contributed by atoms with E-state index in [0.717, 1.165) is 12.8 Å². The quantitative estimate of drug-likeness (QED) is 0.0765. The lowest BCUT2D eigenvalue weighted by Crippen LogP contribution is -2.23. The molecule has 0 aromatic heterocycles. The van der Waals surface area contributed by atoms with Crippen molar-refractivity contribution < 1.29 is 4.79 Å². The summed E-state index contributed by atoms with van der Waals surface area (Å²) in [5, 5.41) is 0. The number of amides is 1. The third kappa shape index (κ3) is 27.8. The van der Waals surface area contributed by atoms with Crippen molar-refractivity contribution in [1.82, 2.24) is 0 Å². The predicted octanol–water partition coefficient (Wildman–Crippen LogP) is 11.6. The van der Waals surface area contributed by atoms with Crippen LogP contribution in [0.4, 0.5) is 0 Å². The second kappa shape index (κ2) is 30.4. The molecule has 0 spiro atoms. The molecule has 0 aliphatic carbocycles. The molecular formula is C34H67NO. The van der Waals surface area contributed by atoms with E-state index in [1.165, 1.54) is 167 Å². The van der Waals surface area contributed by atoms with Gasteiger partial charge >= 0.3 is 0 Å². The zero-order valence-electron chi connectivity index (χ0n) is 25.0. The molecule has 0 aliphatic heterocycles. The molecule has 0 saturated heterocycles. The van der Waals surface area contributed by atoms with Gasteiger partial charge in [-0.25, -0.2) is 0 Å². The summed E-state index contributed by atoms with van der Waals surface area (Å²) in [4.78, 5) is 11.8. The first-order chi connectivity index (χ1) is 17.7. The van der Waals surface area contributed by atoms with Crippen molar-refractivity contribution in [3.8, 4) is 0 Å². The van der Waals surface area contributed by atoms with E-state index in [4.69, 9.17) is 5.73 Å². The minimum absolute atomic E-state index is 0.0641. The van der Waals surface area contributed by atoms with Gasteiger partial charge in [0.05, 0.1) is 0 Å². The second-order valence-corrected chi connectivity index (χ2v) is 11.5. The molecule has 0 aromatic carbocycles. The van der Waals surface area contributed by atoms with E-state index in [1.54, 1.807) is 0 Å². The lowest BCUT2D eigenvalue weighted by Gasteiger charge is -2.13. The van der Waals surface area contributed by atoms with E-state index in [9.17, 15) is 4.79 Å². The third-order valence-electron chi connectivity index (χ3n) is 7.87. The largest absolute Gasteiger partial charge is 0.369 e. The molecule has 214 valence electrons. The fraction of sp³-hybridized carbons (Fsp3) is 0.912. The van der Waals surface area contributed by atoms with Crippen molar-refractivity contribution in [3.05, 3.63) is 12.2 Å². The molecule has 0 bridgehead atoms. The number of hydrogen-bond donors (Lipinski definition) is 1. The van der Waals surface area contributed by atoms with Gasteiger partial charge in [0.25, 0.3) is 0 Å². The van der Waals surface area contributed by atoms with Crippen molar-refractivity contribution in [1.29, 1.82) is 0 Å². The van der Waals surface area contributed by atoms with Crippen LogP contribution >= 0.6 is 0 Å². The normalized spacial score (nSPS) is 12.5. The topological polar surface area (TPSA) is 43.1 Å². The van der Waals surface area contributed by atoms with Crippen LogP contribution < -0.4 is 5.73 Å². The van der Waals surface area contributed by atoms with E-state index in [1.807, 2.05) is 0 Å².